The maximum Gasteiger partial charge on any atom is 0.708 e. The van der Waals surface area contributed by atoms with E-state index in [2.05, 4.69) is 23.6 Å². The summed E-state index contributed by atoms with van der Waals surface area (Å²) in [6.07, 6.45) is -0.729. The first-order valence-corrected chi connectivity index (χ1v) is 11.2. The molecule has 1 aliphatic rings. The van der Waals surface area contributed by atoms with Crippen LogP contribution in [0.3, 0.4) is 0 Å². The number of hydrogen-bond acceptors (Lipinski definition) is 10. The zero-order valence-electron chi connectivity index (χ0n) is 14.4. The number of H-pyrrole nitrogens is 1. The first-order valence-electron chi connectivity index (χ1n) is 7.52. The molecule has 0 saturated carbocycles. The second kappa shape index (κ2) is 9.79. The SMILES string of the molecule is Cc1cn([C@H]2C[C@H](N=[N+]=[N-])[C@@H](CO[P+](=O)OP(=O)(O)O[P+](=O)O)O2)c(=O)[nH]c1=O. The summed E-state index contributed by atoms with van der Waals surface area (Å²) in [5.74, 6) is 0. The molecule has 0 spiro atoms. The highest BCUT2D eigenvalue weighted by molar-refractivity contribution is 7.61. The Balaban J connectivity index is 2.07. The molecule has 0 aliphatic carbocycles. The molecule has 3 N–H and O–H groups in total. The van der Waals surface area contributed by atoms with Crippen LogP contribution in [0.2, 0.25) is 0 Å². The van der Waals surface area contributed by atoms with E-state index >= 15 is 0 Å². The summed E-state index contributed by atoms with van der Waals surface area (Å²) in [5.41, 5.74) is 7.56. The van der Waals surface area contributed by atoms with Gasteiger partial charge in [0.05, 0.1) is 12.1 Å². The molecule has 19 heteroatoms. The molecule has 1 aliphatic heterocycles. The van der Waals surface area contributed by atoms with Gasteiger partial charge in [-0.25, -0.2) is 9.36 Å². The zero-order valence-corrected chi connectivity index (χ0v) is 17.1. The summed E-state index contributed by atoms with van der Waals surface area (Å²) in [5, 5.41) is 3.49. The van der Waals surface area contributed by atoms with Crippen molar-refractivity contribution in [1.29, 1.82) is 0 Å². The predicted octanol–water partition coefficient (Wildman–Crippen LogP) is 1.27. The van der Waals surface area contributed by atoms with E-state index < -0.39 is 60.6 Å². The molecule has 16 nitrogen and oxygen atoms in total. The summed E-state index contributed by atoms with van der Waals surface area (Å²) in [7, 11) is -11.9. The average Bonchev–Trinajstić information content (AvgIpc) is 2.97. The van der Waals surface area contributed by atoms with Crippen molar-refractivity contribution in [3.05, 3.63) is 43.0 Å². The van der Waals surface area contributed by atoms with Crippen molar-refractivity contribution in [2.45, 2.75) is 31.7 Å². The number of hydrogen-bond donors (Lipinski definition) is 3. The van der Waals surface area contributed by atoms with Gasteiger partial charge in [0.25, 0.3) is 5.56 Å². The van der Waals surface area contributed by atoms with Gasteiger partial charge in [0, 0.05) is 40.8 Å². The first-order chi connectivity index (χ1) is 13.5. The Bertz CT molecular complexity index is 1020. The smallest absolute Gasteiger partial charge is 0.352 e. The number of nitrogens with zero attached hydrogens (tertiary/aromatic N) is 4. The van der Waals surface area contributed by atoms with Crippen LogP contribution in [0.25, 0.3) is 10.4 Å². The van der Waals surface area contributed by atoms with Crippen LogP contribution in [-0.2, 0) is 31.6 Å². The summed E-state index contributed by atoms with van der Waals surface area (Å²) >= 11 is 0. The van der Waals surface area contributed by atoms with Gasteiger partial charge in [0.1, 0.15) is 12.8 Å². The van der Waals surface area contributed by atoms with Crippen molar-refractivity contribution < 1.29 is 41.4 Å². The van der Waals surface area contributed by atoms with Crippen molar-refractivity contribution in [3.63, 3.8) is 0 Å². The van der Waals surface area contributed by atoms with Crippen LogP contribution >= 0.6 is 24.3 Å². The van der Waals surface area contributed by atoms with Gasteiger partial charge < -0.3 is 4.74 Å². The lowest BCUT2D eigenvalue weighted by Crippen LogP contribution is -2.33. The molecule has 1 fully saturated rings. The summed E-state index contributed by atoms with van der Waals surface area (Å²) in [6, 6.07) is -0.878. The molecule has 6 atom stereocenters. The molecule has 2 heterocycles. The summed E-state index contributed by atoms with van der Waals surface area (Å²) in [4.78, 5) is 45.7. The van der Waals surface area contributed by atoms with Gasteiger partial charge in [0.15, 0.2) is 0 Å². The zero-order chi connectivity index (χ0) is 21.8. The highest BCUT2D eigenvalue weighted by Gasteiger charge is 2.46. The van der Waals surface area contributed by atoms with Crippen LogP contribution in [0.5, 0.6) is 0 Å². The molecule has 3 unspecified atom stereocenters. The maximum atomic E-state index is 12.0. The van der Waals surface area contributed by atoms with Crippen LogP contribution in [0.15, 0.2) is 20.9 Å². The van der Waals surface area contributed by atoms with Crippen molar-refractivity contribution in [3.8, 4) is 0 Å². The third-order valence-corrected chi connectivity index (χ3v) is 6.65. The van der Waals surface area contributed by atoms with Crippen molar-refractivity contribution in [2.24, 2.45) is 5.11 Å². The number of rotatable bonds is 9. The molecular formula is C10H14N5O11P3+2. The lowest BCUT2D eigenvalue weighted by Gasteiger charge is -2.14. The number of aryl methyl sites for hydroxylation is 1. The third-order valence-electron chi connectivity index (χ3n) is 3.55. The van der Waals surface area contributed by atoms with E-state index in [1.54, 1.807) is 0 Å². The topological polar surface area (TPSA) is 232 Å². The van der Waals surface area contributed by atoms with Gasteiger partial charge in [0.2, 0.25) is 0 Å². The average molecular weight is 473 g/mol. The monoisotopic (exact) mass is 473 g/mol. The largest absolute Gasteiger partial charge is 0.708 e. The standard InChI is InChI=1S/C10H12N5O11P3/c1-5-3-15(10(17)12-9(5)16)8-2-6(13-14-11)7(24-8)4-23-28(20)26-29(21,22)25-27(18)19/h3,6-8H,2,4H2,1H3,(H-2,12,16,17,18,19,21,22)/p+2/t6-,7+,8+/m0/s1. The highest BCUT2D eigenvalue weighted by atomic mass is 31.3. The Morgan fingerprint density at radius 2 is 2.17 bits per heavy atom. The van der Waals surface area contributed by atoms with E-state index in [1.807, 2.05) is 0 Å². The fourth-order valence-electron chi connectivity index (χ4n) is 2.37. The number of nitrogens with one attached hydrogen (secondary N) is 1. The molecule has 0 aromatic carbocycles. The Morgan fingerprint density at radius 3 is 2.79 bits per heavy atom. The minimum atomic E-state index is -5.12. The van der Waals surface area contributed by atoms with Crippen LogP contribution < -0.4 is 11.2 Å². The van der Waals surface area contributed by atoms with Gasteiger partial charge in [-0.15, -0.1) is 9.42 Å². The van der Waals surface area contributed by atoms with E-state index in [1.165, 1.54) is 13.1 Å². The fourth-order valence-corrected chi connectivity index (χ4v) is 4.59. The number of aromatic amines is 1. The number of azide groups is 1. The molecule has 1 aromatic rings. The summed E-state index contributed by atoms with van der Waals surface area (Å²) in [6.45, 7) is 0.907. The third kappa shape index (κ3) is 6.59. The Labute approximate surface area is 162 Å². The highest BCUT2D eigenvalue weighted by Crippen LogP contribution is 2.57. The summed E-state index contributed by atoms with van der Waals surface area (Å²) < 4.78 is 52.3. The first kappa shape index (κ1) is 23.5. The van der Waals surface area contributed by atoms with Gasteiger partial charge in [-0.2, -0.15) is 0 Å². The number of phosphoric acid groups is 1. The van der Waals surface area contributed by atoms with Gasteiger partial charge >= 0.3 is 30.0 Å². The minimum absolute atomic E-state index is 0.00765. The number of aromatic nitrogens is 2. The van der Waals surface area contributed by atoms with Crippen LogP contribution in [0, 0.1) is 6.92 Å². The molecule has 2 rings (SSSR count). The van der Waals surface area contributed by atoms with Gasteiger partial charge in [-0.1, -0.05) is 5.11 Å². The van der Waals surface area contributed by atoms with E-state index in [0.29, 0.717) is 0 Å². The van der Waals surface area contributed by atoms with E-state index in [-0.39, 0.29) is 12.0 Å². The lowest BCUT2D eigenvalue weighted by atomic mass is 10.1. The minimum Gasteiger partial charge on any atom is -0.352 e. The molecule has 1 aromatic heterocycles. The lowest BCUT2D eigenvalue weighted by molar-refractivity contribution is -0.0227. The molecule has 1 saturated heterocycles. The second-order valence-electron chi connectivity index (χ2n) is 5.50. The van der Waals surface area contributed by atoms with Crippen molar-refractivity contribution >= 4 is 24.3 Å². The second-order valence-corrected chi connectivity index (χ2v) is 8.93. The van der Waals surface area contributed by atoms with Crippen LogP contribution in [0.1, 0.15) is 18.2 Å². The van der Waals surface area contributed by atoms with E-state index in [9.17, 15) is 23.3 Å². The van der Waals surface area contributed by atoms with E-state index in [0.717, 1.165) is 4.57 Å². The molecule has 158 valence electrons. The predicted molar refractivity (Wildman–Crippen MR) is 92.9 cm³/mol. The van der Waals surface area contributed by atoms with Gasteiger partial charge in [-0.05, 0) is 12.5 Å². The molecule has 29 heavy (non-hydrogen) atoms. The van der Waals surface area contributed by atoms with Crippen molar-refractivity contribution in [2.75, 3.05) is 6.61 Å². The Morgan fingerprint density at radius 1 is 1.48 bits per heavy atom. The Kier molecular flexibility index (Phi) is 7.92. The fraction of sp³-hybridized carbons (Fsp3) is 0.600. The van der Waals surface area contributed by atoms with Crippen LogP contribution in [0.4, 0.5) is 0 Å². The normalized spacial score (nSPS) is 24.4. The maximum absolute atomic E-state index is 12.0. The molecule has 0 radical (unpaired) electrons. The molecule has 0 bridgehead atoms. The molecular weight excluding hydrogens is 459 g/mol. The number of ether oxygens (including phenoxy) is 1. The van der Waals surface area contributed by atoms with Gasteiger partial charge in [-0.3, -0.25) is 19.2 Å². The molecule has 0 amide bonds. The Hall–Kier alpha value is -1.82. The quantitative estimate of drug-likeness (QED) is 0.200. The van der Waals surface area contributed by atoms with Crippen LogP contribution in [-0.4, -0.2) is 38.1 Å². The van der Waals surface area contributed by atoms with Crippen molar-refractivity contribution in [1.82, 2.24) is 9.55 Å². The van der Waals surface area contributed by atoms with E-state index in [4.69, 9.17) is 24.6 Å².